The molecule has 0 aliphatic carbocycles. The molecule has 0 radical (unpaired) electrons. The van der Waals surface area contributed by atoms with E-state index in [9.17, 15) is 9.59 Å². The smallest absolute Gasteiger partial charge is 0.305 e. The molecule has 6 nitrogen and oxygen atoms in total. The highest BCUT2D eigenvalue weighted by Gasteiger charge is 2.12. The average molecular weight is 316 g/mol. The van der Waals surface area contributed by atoms with Gasteiger partial charge in [0, 0.05) is 0 Å². The van der Waals surface area contributed by atoms with Crippen LogP contribution in [0, 0.1) is 0 Å². The van der Waals surface area contributed by atoms with Gasteiger partial charge in [0.05, 0.1) is 6.26 Å². The van der Waals surface area contributed by atoms with E-state index in [-0.39, 0.29) is 12.4 Å². The molecule has 1 unspecified atom stereocenters. The first-order valence-electron chi connectivity index (χ1n) is 7.46. The maximum absolute atomic E-state index is 11.8. The first kappa shape index (κ1) is 16.6. The summed E-state index contributed by atoms with van der Waals surface area (Å²) in [6, 6.07) is 10.7. The van der Waals surface area contributed by atoms with Crippen molar-refractivity contribution in [2.45, 2.75) is 26.2 Å². The van der Waals surface area contributed by atoms with Crippen LogP contribution in [0.15, 0.2) is 47.1 Å². The lowest BCUT2D eigenvalue weighted by molar-refractivity contribution is -0.123. The third-order valence-electron chi connectivity index (χ3n) is 3.48. The van der Waals surface area contributed by atoms with Crippen LogP contribution in [-0.2, 0) is 4.79 Å². The van der Waals surface area contributed by atoms with Gasteiger partial charge in [0.15, 0.2) is 12.4 Å². The predicted octanol–water partition coefficient (Wildman–Crippen LogP) is 2.63. The van der Waals surface area contributed by atoms with Crippen molar-refractivity contribution in [3.63, 3.8) is 0 Å². The molecule has 0 aliphatic rings. The zero-order chi connectivity index (χ0) is 16.7. The first-order chi connectivity index (χ1) is 11.1. The van der Waals surface area contributed by atoms with E-state index in [0.29, 0.717) is 11.7 Å². The molecule has 122 valence electrons. The van der Waals surface area contributed by atoms with Gasteiger partial charge in [-0.2, -0.15) is 0 Å². The van der Waals surface area contributed by atoms with Crippen LogP contribution in [0.2, 0.25) is 0 Å². The van der Waals surface area contributed by atoms with E-state index in [2.05, 4.69) is 24.7 Å². The Kier molecular flexibility index (Phi) is 5.80. The number of rotatable bonds is 6. The van der Waals surface area contributed by atoms with Crippen LogP contribution in [0.25, 0.3) is 0 Å². The molecule has 1 heterocycles. The van der Waals surface area contributed by atoms with Crippen molar-refractivity contribution in [3.05, 3.63) is 54.0 Å². The molecule has 0 saturated carbocycles. The van der Waals surface area contributed by atoms with E-state index in [1.165, 1.54) is 12.3 Å². The Bertz CT molecular complexity index is 652. The minimum Gasteiger partial charge on any atom is -0.483 e. The fourth-order valence-electron chi connectivity index (χ4n) is 2.01. The van der Waals surface area contributed by atoms with Crippen LogP contribution < -0.4 is 15.6 Å². The van der Waals surface area contributed by atoms with E-state index >= 15 is 0 Å². The molecule has 1 aromatic carbocycles. The normalized spacial score (nSPS) is 11.6. The Hall–Kier alpha value is -2.76. The van der Waals surface area contributed by atoms with Crippen molar-refractivity contribution in [1.29, 1.82) is 0 Å². The molecular weight excluding hydrogens is 296 g/mol. The Labute approximate surface area is 134 Å². The molecule has 23 heavy (non-hydrogen) atoms. The number of ether oxygens (including phenoxy) is 1. The molecule has 2 N–H and O–H groups in total. The highest BCUT2D eigenvalue weighted by atomic mass is 16.5. The maximum atomic E-state index is 11.8. The van der Waals surface area contributed by atoms with Gasteiger partial charge in [-0.25, -0.2) is 0 Å². The number of hydrazine groups is 1. The largest absolute Gasteiger partial charge is 0.483 e. The summed E-state index contributed by atoms with van der Waals surface area (Å²) >= 11 is 0. The van der Waals surface area contributed by atoms with E-state index < -0.39 is 11.8 Å². The van der Waals surface area contributed by atoms with Gasteiger partial charge < -0.3 is 9.15 Å². The molecular formula is C17H20N2O4. The third-order valence-corrected chi connectivity index (χ3v) is 3.48. The van der Waals surface area contributed by atoms with Gasteiger partial charge in [0.2, 0.25) is 0 Å². The number of amides is 2. The van der Waals surface area contributed by atoms with Gasteiger partial charge in [-0.1, -0.05) is 32.0 Å². The molecule has 0 aliphatic heterocycles. The van der Waals surface area contributed by atoms with Crippen molar-refractivity contribution in [2.75, 3.05) is 6.61 Å². The molecule has 0 bridgehead atoms. The minimum atomic E-state index is -0.525. The van der Waals surface area contributed by atoms with Crippen molar-refractivity contribution in [3.8, 4) is 5.75 Å². The molecule has 1 atom stereocenters. The predicted molar refractivity (Wildman–Crippen MR) is 85.0 cm³/mol. The number of benzene rings is 1. The SMILES string of the molecule is CCC(C)c1ccccc1OCC(=O)NNC(=O)c1ccco1. The Morgan fingerprint density at radius 2 is 1.96 bits per heavy atom. The Balaban J connectivity index is 1.84. The monoisotopic (exact) mass is 316 g/mol. The number of hydrogen-bond donors (Lipinski definition) is 2. The number of para-hydroxylation sites is 1. The molecule has 2 rings (SSSR count). The number of nitrogens with one attached hydrogen (secondary N) is 2. The molecule has 0 saturated heterocycles. The second-order valence-electron chi connectivity index (χ2n) is 5.12. The van der Waals surface area contributed by atoms with Crippen molar-refractivity contribution >= 4 is 11.8 Å². The van der Waals surface area contributed by atoms with Crippen LogP contribution in [0.5, 0.6) is 5.75 Å². The molecule has 2 aromatic rings. The Morgan fingerprint density at radius 1 is 1.17 bits per heavy atom. The summed E-state index contributed by atoms with van der Waals surface area (Å²) in [5.41, 5.74) is 5.60. The highest BCUT2D eigenvalue weighted by molar-refractivity contribution is 5.92. The summed E-state index contributed by atoms with van der Waals surface area (Å²) in [5, 5.41) is 0. The summed E-state index contributed by atoms with van der Waals surface area (Å²) in [7, 11) is 0. The number of carbonyl (C=O) groups is 2. The Morgan fingerprint density at radius 3 is 2.65 bits per heavy atom. The van der Waals surface area contributed by atoms with Crippen molar-refractivity contribution in [1.82, 2.24) is 10.9 Å². The van der Waals surface area contributed by atoms with Crippen LogP contribution in [0.1, 0.15) is 42.3 Å². The third kappa shape index (κ3) is 4.60. The van der Waals surface area contributed by atoms with Gasteiger partial charge in [-0.3, -0.25) is 20.4 Å². The van der Waals surface area contributed by atoms with Crippen LogP contribution in [0.3, 0.4) is 0 Å². The molecule has 0 spiro atoms. The highest BCUT2D eigenvalue weighted by Crippen LogP contribution is 2.28. The lowest BCUT2D eigenvalue weighted by Crippen LogP contribution is -2.43. The summed E-state index contributed by atoms with van der Waals surface area (Å²) in [5.74, 6) is 0.155. The van der Waals surface area contributed by atoms with Crippen LogP contribution in [0.4, 0.5) is 0 Å². The lowest BCUT2D eigenvalue weighted by atomic mass is 9.98. The van der Waals surface area contributed by atoms with Gasteiger partial charge in [-0.05, 0) is 36.1 Å². The lowest BCUT2D eigenvalue weighted by Gasteiger charge is -2.15. The summed E-state index contributed by atoms with van der Waals surface area (Å²) in [4.78, 5) is 23.4. The van der Waals surface area contributed by atoms with E-state index in [1.54, 1.807) is 6.07 Å². The molecule has 2 amide bonds. The van der Waals surface area contributed by atoms with E-state index in [1.807, 2.05) is 24.3 Å². The van der Waals surface area contributed by atoms with Crippen LogP contribution in [-0.4, -0.2) is 18.4 Å². The zero-order valence-electron chi connectivity index (χ0n) is 13.2. The van der Waals surface area contributed by atoms with Crippen molar-refractivity contribution in [2.24, 2.45) is 0 Å². The minimum absolute atomic E-state index is 0.119. The molecule has 0 fully saturated rings. The average Bonchev–Trinajstić information content (AvgIpc) is 3.12. The molecule has 1 aromatic heterocycles. The second-order valence-corrected chi connectivity index (χ2v) is 5.12. The maximum Gasteiger partial charge on any atom is 0.305 e. The van der Waals surface area contributed by atoms with Gasteiger partial charge >= 0.3 is 5.91 Å². The van der Waals surface area contributed by atoms with Crippen LogP contribution >= 0.6 is 0 Å². The van der Waals surface area contributed by atoms with E-state index in [0.717, 1.165) is 12.0 Å². The standard InChI is InChI=1S/C17H20N2O4/c1-3-12(2)13-7-4-5-8-14(13)23-11-16(20)18-19-17(21)15-9-6-10-22-15/h4-10,12H,3,11H2,1-2H3,(H,18,20)(H,19,21). The fourth-order valence-corrected chi connectivity index (χ4v) is 2.01. The van der Waals surface area contributed by atoms with E-state index in [4.69, 9.17) is 9.15 Å². The van der Waals surface area contributed by atoms with Gasteiger partial charge in [0.25, 0.3) is 5.91 Å². The van der Waals surface area contributed by atoms with Gasteiger partial charge in [0.1, 0.15) is 5.75 Å². The number of furan rings is 1. The summed E-state index contributed by atoms with van der Waals surface area (Å²) in [6.07, 6.45) is 2.36. The number of carbonyl (C=O) groups excluding carboxylic acids is 2. The molecule has 6 heteroatoms. The zero-order valence-corrected chi connectivity index (χ0v) is 13.2. The quantitative estimate of drug-likeness (QED) is 0.803. The fraction of sp³-hybridized carbons (Fsp3) is 0.294. The van der Waals surface area contributed by atoms with Gasteiger partial charge in [-0.15, -0.1) is 0 Å². The second kappa shape index (κ2) is 8.03. The summed E-state index contributed by atoms with van der Waals surface area (Å²) < 4.78 is 10.5. The van der Waals surface area contributed by atoms with Crippen molar-refractivity contribution < 1.29 is 18.7 Å². The topological polar surface area (TPSA) is 80.6 Å². The first-order valence-corrected chi connectivity index (χ1v) is 7.46. The summed E-state index contributed by atoms with van der Waals surface area (Å²) in [6.45, 7) is 4.01. The number of hydrogen-bond acceptors (Lipinski definition) is 4.